The maximum Gasteiger partial charge on any atom is 0.233 e. The summed E-state index contributed by atoms with van der Waals surface area (Å²) in [5.74, 6) is 1.85. The van der Waals surface area contributed by atoms with Gasteiger partial charge in [-0.2, -0.15) is 15.0 Å². The third-order valence-corrected chi connectivity index (χ3v) is 4.55. The molecule has 26 heavy (non-hydrogen) atoms. The lowest BCUT2D eigenvalue weighted by molar-refractivity contribution is 0.121. The van der Waals surface area contributed by atoms with Crippen molar-refractivity contribution in [2.75, 3.05) is 67.7 Å². The molecule has 0 aliphatic carbocycles. The van der Waals surface area contributed by atoms with E-state index in [2.05, 4.69) is 25.1 Å². The zero-order valence-corrected chi connectivity index (χ0v) is 15.2. The van der Waals surface area contributed by atoms with Crippen LogP contribution in [0.2, 0.25) is 5.02 Å². The fourth-order valence-corrected chi connectivity index (χ4v) is 3.01. The van der Waals surface area contributed by atoms with Crippen molar-refractivity contribution in [3.8, 4) is 0 Å². The molecule has 2 fully saturated rings. The fourth-order valence-electron chi connectivity index (χ4n) is 2.88. The van der Waals surface area contributed by atoms with Gasteiger partial charge in [-0.3, -0.25) is 0 Å². The molecule has 3 heterocycles. The topological polar surface area (TPSA) is 75.6 Å². The molecule has 2 aliphatic heterocycles. The van der Waals surface area contributed by atoms with Crippen LogP contribution in [-0.4, -0.2) is 67.6 Å². The minimum absolute atomic E-state index is 0.519. The molecule has 138 valence electrons. The molecule has 9 heteroatoms. The maximum atomic E-state index is 5.96. The van der Waals surface area contributed by atoms with Gasteiger partial charge in [-0.1, -0.05) is 11.6 Å². The van der Waals surface area contributed by atoms with E-state index in [4.69, 9.17) is 26.1 Å². The van der Waals surface area contributed by atoms with Crippen molar-refractivity contribution in [1.29, 1.82) is 0 Å². The maximum absolute atomic E-state index is 5.96. The molecule has 2 aliphatic rings. The van der Waals surface area contributed by atoms with Gasteiger partial charge in [0.05, 0.1) is 26.4 Å². The van der Waals surface area contributed by atoms with Crippen molar-refractivity contribution in [2.45, 2.75) is 0 Å². The molecule has 4 rings (SSSR count). The van der Waals surface area contributed by atoms with Gasteiger partial charge in [0.1, 0.15) is 0 Å². The Hall–Kier alpha value is -2.16. The van der Waals surface area contributed by atoms with Crippen LogP contribution in [0.15, 0.2) is 24.3 Å². The van der Waals surface area contributed by atoms with E-state index in [1.165, 1.54) is 0 Å². The molecule has 0 spiro atoms. The summed E-state index contributed by atoms with van der Waals surface area (Å²) in [7, 11) is 0. The summed E-state index contributed by atoms with van der Waals surface area (Å²) in [5.41, 5.74) is 0.876. The van der Waals surface area contributed by atoms with Crippen molar-refractivity contribution >= 4 is 35.1 Å². The van der Waals surface area contributed by atoms with E-state index in [1.807, 2.05) is 24.3 Å². The lowest BCUT2D eigenvalue weighted by Crippen LogP contribution is -2.40. The van der Waals surface area contributed by atoms with Gasteiger partial charge in [-0.05, 0) is 24.3 Å². The number of morpholine rings is 2. The van der Waals surface area contributed by atoms with E-state index in [9.17, 15) is 0 Å². The minimum atomic E-state index is 0.519. The highest BCUT2D eigenvalue weighted by Crippen LogP contribution is 2.22. The molecular formula is C17H21ClN6O2. The van der Waals surface area contributed by atoms with Crippen molar-refractivity contribution in [3.05, 3.63) is 29.3 Å². The molecule has 2 aromatic rings. The number of anilines is 4. The van der Waals surface area contributed by atoms with E-state index in [1.54, 1.807) is 0 Å². The Balaban J connectivity index is 1.63. The predicted octanol–water partition coefficient (Wildman–Crippen LogP) is 1.94. The van der Waals surface area contributed by atoms with E-state index in [-0.39, 0.29) is 0 Å². The summed E-state index contributed by atoms with van der Waals surface area (Å²) in [6.07, 6.45) is 0. The van der Waals surface area contributed by atoms with E-state index >= 15 is 0 Å². The first-order valence-corrected chi connectivity index (χ1v) is 9.10. The molecule has 0 saturated carbocycles. The largest absolute Gasteiger partial charge is 0.378 e. The first-order valence-electron chi connectivity index (χ1n) is 8.72. The summed E-state index contributed by atoms with van der Waals surface area (Å²) in [6.45, 7) is 5.80. The Bertz CT molecular complexity index is 696. The second-order valence-electron chi connectivity index (χ2n) is 6.09. The quantitative estimate of drug-likeness (QED) is 0.867. The number of nitrogens with one attached hydrogen (secondary N) is 1. The Kier molecular flexibility index (Phi) is 5.33. The van der Waals surface area contributed by atoms with Crippen LogP contribution < -0.4 is 15.1 Å². The van der Waals surface area contributed by atoms with Gasteiger partial charge >= 0.3 is 0 Å². The standard InChI is InChI=1S/C17H21ClN6O2/c18-13-1-3-14(4-2-13)19-15-20-16(23-5-9-25-10-6-23)22-17(21-15)24-7-11-26-12-8-24/h1-4H,5-12H2,(H,19,20,21,22). The number of aromatic nitrogens is 3. The Morgan fingerprint density at radius 1 is 0.769 bits per heavy atom. The Morgan fingerprint density at radius 3 is 1.77 bits per heavy atom. The highest BCUT2D eigenvalue weighted by atomic mass is 35.5. The molecule has 0 bridgehead atoms. The van der Waals surface area contributed by atoms with Crippen LogP contribution in [-0.2, 0) is 9.47 Å². The highest BCUT2D eigenvalue weighted by molar-refractivity contribution is 6.30. The molecule has 2 saturated heterocycles. The van der Waals surface area contributed by atoms with Crippen LogP contribution in [0.5, 0.6) is 0 Å². The van der Waals surface area contributed by atoms with Crippen molar-refractivity contribution in [1.82, 2.24) is 15.0 Å². The number of halogens is 1. The van der Waals surface area contributed by atoms with Crippen molar-refractivity contribution < 1.29 is 9.47 Å². The van der Waals surface area contributed by atoms with Gasteiger partial charge in [0.25, 0.3) is 0 Å². The van der Waals surface area contributed by atoms with Crippen LogP contribution in [0.4, 0.5) is 23.5 Å². The SMILES string of the molecule is Clc1ccc(Nc2nc(N3CCOCC3)nc(N3CCOCC3)n2)cc1. The zero-order valence-electron chi connectivity index (χ0n) is 14.4. The number of rotatable bonds is 4. The summed E-state index contributed by atoms with van der Waals surface area (Å²) < 4.78 is 10.9. The average Bonchev–Trinajstić information content (AvgIpc) is 2.71. The minimum Gasteiger partial charge on any atom is -0.378 e. The van der Waals surface area contributed by atoms with Crippen LogP contribution in [0, 0.1) is 0 Å². The van der Waals surface area contributed by atoms with Crippen LogP contribution in [0.25, 0.3) is 0 Å². The smallest absolute Gasteiger partial charge is 0.233 e. The van der Waals surface area contributed by atoms with Crippen LogP contribution in [0.3, 0.4) is 0 Å². The van der Waals surface area contributed by atoms with Gasteiger partial charge < -0.3 is 24.6 Å². The molecule has 1 aromatic heterocycles. The normalized spacial score (nSPS) is 18.0. The molecular weight excluding hydrogens is 356 g/mol. The number of ether oxygens (including phenoxy) is 2. The van der Waals surface area contributed by atoms with Crippen molar-refractivity contribution in [2.24, 2.45) is 0 Å². The molecule has 0 amide bonds. The number of hydrogen-bond donors (Lipinski definition) is 1. The van der Waals surface area contributed by atoms with E-state index in [0.717, 1.165) is 31.9 Å². The Morgan fingerprint density at radius 2 is 1.27 bits per heavy atom. The fraction of sp³-hybridized carbons (Fsp3) is 0.471. The third kappa shape index (κ3) is 4.14. The second-order valence-corrected chi connectivity index (χ2v) is 6.53. The molecule has 1 N–H and O–H groups in total. The summed E-state index contributed by atoms with van der Waals surface area (Å²) in [6, 6.07) is 7.46. The molecule has 1 aromatic carbocycles. The Labute approximate surface area is 157 Å². The monoisotopic (exact) mass is 376 g/mol. The molecule has 0 unspecified atom stereocenters. The average molecular weight is 377 g/mol. The number of benzene rings is 1. The molecule has 0 atom stereocenters. The molecule has 8 nitrogen and oxygen atoms in total. The second kappa shape index (κ2) is 8.03. The highest BCUT2D eigenvalue weighted by Gasteiger charge is 2.20. The summed E-state index contributed by atoms with van der Waals surface area (Å²) in [5, 5.41) is 3.94. The zero-order chi connectivity index (χ0) is 17.8. The first-order chi connectivity index (χ1) is 12.8. The van der Waals surface area contributed by atoms with Gasteiger partial charge in [-0.25, -0.2) is 0 Å². The summed E-state index contributed by atoms with van der Waals surface area (Å²) >= 11 is 5.96. The van der Waals surface area contributed by atoms with Crippen LogP contribution in [0.1, 0.15) is 0 Å². The lowest BCUT2D eigenvalue weighted by atomic mass is 10.3. The first kappa shape index (κ1) is 17.3. The third-order valence-electron chi connectivity index (χ3n) is 4.30. The summed E-state index contributed by atoms with van der Waals surface area (Å²) in [4.78, 5) is 18.2. The van der Waals surface area contributed by atoms with Gasteiger partial charge in [-0.15, -0.1) is 0 Å². The van der Waals surface area contributed by atoms with Crippen LogP contribution >= 0.6 is 11.6 Å². The van der Waals surface area contributed by atoms with E-state index in [0.29, 0.717) is 49.3 Å². The predicted molar refractivity (Wildman–Crippen MR) is 101 cm³/mol. The van der Waals surface area contributed by atoms with Gasteiger partial charge in [0, 0.05) is 36.9 Å². The number of hydrogen-bond acceptors (Lipinski definition) is 8. The van der Waals surface area contributed by atoms with Gasteiger partial charge in [0.2, 0.25) is 17.8 Å². The van der Waals surface area contributed by atoms with Gasteiger partial charge in [0.15, 0.2) is 0 Å². The van der Waals surface area contributed by atoms with Crippen molar-refractivity contribution in [3.63, 3.8) is 0 Å². The number of nitrogens with zero attached hydrogens (tertiary/aromatic N) is 5. The van der Waals surface area contributed by atoms with E-state index < -0.39 is 0 Å². The molecule has 0 radical (unpaired) electrons. The lowest BCUT2D eigenvalue weighted by Gasteiger charge is -2.30.